The second kappa shape index (κ2) is 9.70. The predicted octanol–water partition coefficient (Wildman–Crippen LogP) is 3.25. The third-order valence-electron chi connectivity index (χ3n) is 5.43. The van der Waals surface area contributed by atoms with Crippen LogP contribution in [0.2, 0.25) is 0 Å². The monoisotopic (exact) mass is 435 g/mol. The number of pyridine rings is 2. The van der Waals surface area contributed by atoms with Gasteiger partial charge in [-0.15, -0.1) is 0 Å². The Morgan fingerprint density at radius 2 is 1.94 bits per heavy atom. The summed E-state index contributed by atoms with van der Waals surface area (Å²) >= 11 is 5.70. The van der Waals surface area contributed by atoms with Gasteiger partial charge in [0.1, 0.15) is 0 Å². The predicted molar refractivity (Wildman–Crippen MR) is 121 cm³/mol. The van der Waals surface area contributed by atoms with Crippen molar-refractivity contribution in [3.05, 3.63) is 84.2 Å². The normalized spacial score (nSPS) is 18.1. The summed E-state index contributed by atoms with van der Waals surface area (Å²) in [4.78, 5) is 22.8. The zero-order valence-electron chi connectivity index (χ0n) is 17.3. The number of rotatable bonds is 8. The molecule has 4 heterocycles. The summed E-state index contributed by atoms with van der Waals surface area (Å²) in [5, 5.41) is 4.11. The van der Waals surface area contributed by atoms with Gasteiger partial charge in [0, 0.05) is 37.3 Å². The van der Waals surface area contributed by atoms with Crippen LogP contribution in [0.25, 0.3) is 0 Å². The van der Waals surface area contributed by atoms with Gasteiger partial charge in [0.2, 0.25) is 0 Å². The molecular formula is C23H25N5O2S. The lowest BCUT2D eigenvalue weighted by atomic mass is 10.0. The zero-order chi connectivity index (χ0) is 21.6. The second-order valence-electron chi connectivity index (χ2n) is 7.38. The topological polar surface area (TPSA) is 72.3 Å². The second-order valence-corrected chi connectivity index (χ2v) is 7.77. The first-order valence-electron chi connectivity index (χ1n) is 10.3. The molecule has 3 aromatic heterocycles. The summed E-state index contributed by atoms with van der Waals surface area (Å²) < 4.78 is 6.99. The fraction of sp³-hybridized carbons (Fsp3) is 0.304. The van der Waals surface area contributed by atoms with Crippen LogP contribution in [0.1, 0.15) is 42.0 Å². The quantitative estimate of drug-likeness (QED) is 0.430. The van der Waals surface area contributed by atoms with E-state index in [9.17, 15) is 4.79 Å². The molecule has 0 amide bonds. The van der Waals surface area contributed by atoms with Crippen LogP contribution in [-0.4, -0.2) is 44.2 Å². The number of ether oxygens (including phenoxy) is 1. The van der Waals surface area contributed by atoms with Gasteiger partial charge in [-0.3, -0.25) is 14.8 Å². The van der Waals surface area contributed by atoms with Crippen LogP contribution in [0, 0.1) is 0 Å². The molecule has 1 aliphatic heterocycles. The fourth-order valence-electron chi connectivity index (χ4n) is 3.97. The average Bonchev–Trinajstić information content (AvgIpc) is 3.38. The van der Waals surface area contributed by atoms with E-state index in [1.165, 1.54) is 7.11 Å². The first-order valence-corrected chi connectivity index (χ1v) is 10.7. The van der Waals surface area contributed by atoms with Gasteiger partial charge >= 0.3 is 5.97 Å². The van der Waals surface area contributed by atoms with Crippen LogP contribution >= 0.6 is 12.2 Å². The molecule has 0 bridgehead atoms. The van der Waals surface area contributed by atoms with E-state index in [1.54, 1.807) is 12.4 Å². The molecule has 7 nitrogen and oxygen atoms in total. The Balaban J connectivity index is 1.65. The van der Waals surface area contributed by atoms with E-state index in [2.05, 4.69) is 37.0 Å². The summed E-state index contributed by atoms with van der Waals surface area (Å²) in [7, 11) is 1.41. The SMILES string of the molecule is COC(=O)CCCN1C(=S)NC(c2ccccn2)C1c1cccn1Cc1ccccn1. The molecule has 0 radical (unpaired) electrons. The number of nitrogens with one attached hydrogen (secondary N) is 1. The van der Waals surface area contributed by atoms with Crippen molar-refractivity contribution in [3.8, 4) is 0 Å². The molecule has 160 valence electrons. The minimum Gasteiger partial charge on any atom is -0.469 e. The Kier molecular flexibility index (Phi) is 6.57. The van der Waals surface area contributed by atoms with E-state index in [-0.39, 0.29) is 18.1 Å². The van der Waals surface area contributed by atoms with Gasteiger partial charge in [-0.25, -0.2) is 0 Å². The van der Waals surface area contributed by atoms with E-state index >= 15 is 0 Å². The van der Waals surface area contributed by atoms with Crippen LogP contribution in [0.4, 0.5) is 0 Å². The molecule has 0 aromatic carbocycles. The standard InChI is InChI=1S/C23H25N5O2S/c1-30-20(29)11-7-15-28-22(21(26-23(28)31)18-9-3-5-13-25-18)19-10-6-14-27(19)16-17-8-2-4-12-24-17/h2-6,8-10,12-14,21-22H,7,11,15-16H2,1H3,(H,26,31). The van der Waals surface area contributed by atoms with Gasteiger partial charge in [-0.2, -0.15) is 0 Å². The highest BCUT2D eigenvalue weighted by Crippen LogP contribution is 2.39. The first-order chi connectivity index (χ1) is 15.2. The Labute approximate surface area is 187 Å². The number of hydrogen-bond donors (Lipinski definition) is 1. The summed E-state index contributed by atoms with van der Waals surface area (Å²) in [6.45, 7) is 1.31. The number of nitrogens with zero attached hydrogens (tertiary/aromatic N) is 4. The molecule has 2 unspecified atom stereocenters. The maximum absolute atomic E-state index is 11.6. The number of carbonyl (C=O) groups excluding carboxylic acids is 1. The Hall–Kier alpha value is -3.26. The van der Waals surface area contributed by atoms with Crippen molar-refractivity contribution in [1.82, 2.24) is 24.8 Å². The third-order valence-corrected chi connectivity index (χ3v) is 5.78. The van der Waals surface area contributed by atoms with Gasteiger partial charge in [-0.1, -0.05) is 12.1 Å². The van der Waals surface area contributed by atoms with E-state index in [0.29, 0.717) is 31.0 Å². The summed E-state index contributed by atoms with van der Waals surface area (Å²) in [5.41, 5.74) is 3.03. The lowest BCUT2D eigenvalue weighted by Crippen LogP contribution is -2.32. The lowest BCUT2D eigenvalue weighted by Gasteiger charge is -2.28. The van der Waals surface area contributed by atoms with E-state index in [4.69, 9.17) is 17.0 Å². The fourth-order valence-corrected chi connectivity index (χ4v) is 4.30. The van der Waals surface area contributed by atoms with Gasteiger partial charge in [-0.05, 0) is 55.0 Å². The average molecular weight is 436 g/mol. The number of esters is 1. The summed E-state index contributed by atoms with van der Waals surface area (Å²) in [5.74, 6) is -0.213. The zero-order valence-corrected chi connectivity index (χ0v) is 18.2. The van der Waals surface area contributed by atoms with Gasteiger partial charge in [0.25, 0.3) is 0 Å². The molecule has 1 N–H and O–H groups in total. The molecule has 0 aliphatic carbocycles. The molecule has 0 spiro atoms. The molecule has 8 heteroatoms. The molecule has 1 saturated heterocycles. The van der Waals surface area contributed by atoms with E-state index < -0.39 is 0 Å². The maximum atomic E-state index is 11.6. The van der Waals surface area contributed by atoms with Gasteiger partial charge in [0.15, 0.2) is 5.11 Å². The van der Waals surface area contributed by atoms with Crippen molar-refractivity contribution < 1.29 is 9.53 Å². The van der Waals surface area contributed by atoms with Crippen molar-refractivity contribution in [3.63, 3.8) is 0 Å². The van der Waals surface area contributed by atoms with Crippen LogP contribution in [0.3, 0.4) is 0 Å². The van der Waals surface area contributed by atoms with Crippen LogP contribution in [-0.2, 0) is 16.1 Å². The highest BCUT2D eigenvalue weighted by molar-refractivity contribution is 7.80. The minimum atomic E-state index is -0.213. The highest BCUT2D eigenvalue weighted by Gasteiger charge is 2.40. The number of thiocarbonyl (C=S) groups is 1. The van der Waals surface area contributed by atoms with Gasteiger partial charge in [0.05, 0.1) is 37.1 Å². The lowest BCUT2D eigenvalue weighted by molar-refractivity contribution is -0.140. The van der Waals surface area contributed by atoms with Gasteiger partial charge < -0.3 is 19.5 Å². The number of aromatic nitrogens is 3. The largest absolute Gasteiger partial charge is 0.469 e. The van der Waals surface area contributed by atoms with Crippen LogP contribution in [0.5, 0.6) is 0 Å². The smallest absolute Gasteiger partial charge is 0.305 e. The Morgan fingerprint density at radius 1 is 1.13 bits per heavy atom. The number of methoxy groups -OCH3 is 1. The van der Waals surface area contributed by atoms with Crippen molar-refractivity contribution in [2.75, 3.05) is 13.7 Å². The molecule has 1 fully saturated rings. The third kappa shape index (κ3) is 4.74. The summed E-state index contributed by atoms with van der Waals surface area (Å²) in [6, 6.07) is 15.8. The van der Waals surface area contributed by atoms with E-state index in [1.807, 2.05) is 42.5 Å². The minimum absolute atomic E-state index is 0.0567. The highest BCUT2D eigenvalue weighted by atomic mass is 32.1. The molecule has 3 aromatic rings. The van der Waals surface area contributed by atoms with Crippen LogP contribution < -0.4 is 5.32 Å². The first kappa shape index (κ1) is 21.0. The molecule has 0 saturated carbocycles. The Morgan fingerprint density at radius 3 is 2.65 bits per heavy atom. The number of hydrogen-bond acceptors (Lipinski definition) is 5. The van der Waals surface area contributed by atoms with Crippen molar-refractivity contribution >= 4 is 23.3 Å². The molecule has 31 heavy (non-hydrogen) atoms. The van der Waals surface area contributed by atoms with Crippen molar-refractivity contribution in [2.24, 2.45) is 0 Å². The molecule has 1 aliphatic rings. The molecule has 2 atom stereocenters. The summed E-state index contributed by atoms with van der Waals surface area (Å²) in [6.07, 6.45) is 6.67. The van der Waals surface area contributed by atoms with Crippen molar-refractivity contribution in [1.29, 1.82) is 0 Å². The molecule has 4 rings (SSSR count). The maximum Gasteiger partial charge on any atom is 0.305 e. The van der Waals surface area contributed by atoms with Crippen molar-refractivity contribution in [2.45, 2.75) is 31.5 Å². The molecular weight excluding hydrogens is 410 g/mol. The van der Waals surface area contributed by atoms with E-state index in [0.717, 1.165) is 17.1 Å². The Bertz CT molecular complexity index is 1020. The number of carbonyl (C=O) groups is 1. The van der Waals surface area contributed by atoms with Crippen LogP contribution in [0.15, 0.2) is 67.1 Å².